The van der Waals surface area contributed by atoms with Gasteiger partial charge in [-0.3, -0.25) is 0 Å². The van der Waals surface area contributed by atoms with E-state index in [1.807, 2.05) is 18.2 Å². The van der Waals surface area contributed by atoms with Crippen LogP contribution >= 0.6 is 35.6 Å². The number of nitriles is 1. The molecule has 0 aliphatic rings. The molecule has 0 radical (unpaired) electrons. The zero-order valence-corrected chi connectivity index (χ0v) is 9.59. The smallest absolute Gasteiger partial charge is 0.0707 e. The number of benzene rings is 1. The minimum absolute atomic E-state index is 0.397. The van der Waals surface area contributed by atoms with Gasteiger partial charge in [-0.1, -0.05) is 17.7 Å². The van der Waals surface area contributed by atoms with Gasteiger partial charge in [0, 0.05) is 19.9 Å². The Morgan fingerprint density at radius 2 is 2.29 bits per heavy atom. The lowest BCUT2D eigenvalue weighted by atomic mass is 10.2. The average molecular weight is 240 g/mol. The van der Waals surface area contributed by atoms with Gasteiger partial charge in [0.2, 0.25) is 0 Å². The van der Waals surface area contributed by atoms with Crippen LogP contribution in [0.5, 0.6) is 0 Å². The largest absolute Gasteiger partial charge is 0.198 e. The summed E-state index contributed by atoms with van der Waals surface area (Å²) in [5.74, 6) is 0. The first-order valence-corrected chi connectivity index (χ1v) is 5.64. The molecule has 2 rings (SSSR count). The maximum Gasteiger partial charge on any atom is 0.0707 e. The summed E-state index contributed by atoms with van der Waals surface area (Å²) in [5, 5.41) is 10.3. The van der Waals surface area contributed by atoms with Gasteiger partial charge in [0.25, 0.3) is 0 Å². The van der Waals surface area contributed by atoms with Crippen molar-refractivity contribution in [2.45, 2.75) is 11.3 Å². The molecule has 1 heterocycles. The molecule has 1 aromatic heterocycles. The van der Waals surface area contributed by atoms with Crippen molar-refractivity contribution in [1.29, 1.82) is 5.26 Å². The molecular formula is C10H6ClNS2. The summed E-state index contributed by atoms with van der Waals surface area (Å²) in [5.41, 5.74) is 0. The number of thiophene rings is 1. The van der Waals surface area contributed by atoms with E-state index in [2.05, 4.69) is 18.7 Å². The van der Waals surface area contributed by atoms with Gasteiger partial charge in [0.15, 0.2) is 0 Å². The molecular weight excluding hydrogens is 234 g/mol. The van der Waals surface area contributed by atoms with Crippen molar-refractivity contribution in [3.05, 3.63) is 28.1 Å². The van der Waals surface area contributed by atoms with Crippen LogP contribution in [-0.2, 0) is 6.42 Å². The fraction of sp³-hybridized carbons (Fsp3) is 0.100. The normalized spacial score (nSPS) is 10.4. The molecule has 0 spiro atoms. The third-order valence-electron chi connectivity index (χ3n) is 1.95. The summed E-state index contributed by atoms with van der Waals surface area (Å²) in [6.45, 7) is 0. The minimum Gasteiger partial charge on any atom is -0.198 e. The first-order valence-electron chi connectivity index (χ1n) is 4.00. The lowest BCUT2D eigenvalue weighted by Gasteiger charge is -1.94. The second kappa shape index (κ2) is 3.82. The Morgan fingerprint density at radius 1 is 1.50 bits per heavy atom. The second-order valence-corrected chi connectivity index (χ2v) is 4.81. The van der Waals surface area contributed by atoms with Crippen molar-refractivity contribution >= 4 is 45.7 Å². The molecule has 0 aliphatic carbocycles. The second-order valence-electron chi connectivity index (χ2n) is 2.82. The summed E-state index contributed by atoms with van der Waals surface area (Å²) in [6, 6.07) is 7.86. The number of nitrogens with zero attached hydrogens (tertiary/aromatic N) is 1. The molecule has 1 aromatic carbocycles. The van der Waals surface area contributed by atoms with E-state index in [4.69, 9.17) is 16.9 Å². The Balaban J connectivity index is 2.75. The number of hydrogen-bond acceptors (Lipinski definition) is 3. The van der Waals surface area contributed by atoms with E-state index >= 15 is 0 Å². The molecule has 14 heavy (non-hydrogen) atoms. The van der Waals surface area contributed by atoms with Gasteiger partial charge < -0.3 is 0 Å². The molecule has 4 heteroatoms. The third-order valence-corrected chi connectivity index (χ3v) is 4.06. The zero-order chi connectivity index (χ0) is 10.1. The SMILES string of the molecule is N#CCc1sc2cccc(Cl)c2c1S. The van der Waals surface area contributed by atoms with Gasteiger partial charge >= 0.3 is 0 Å². The van der Waals surface area contributed by atoms with E-state index in [0.717, 1.165) is 19.9 Å². The van der Waals surface area contributed by atoms with E-state index in [9.17, 15) is 0 Å². The Bertz CT molecular complexity index is 525. The highest BCUT2D eigenvalue weighted by Gasteiger charge is 2.10. The Labute approximate surface area is 96.3 Å². The molecule has 2 aromatic rings. The maximum atomic E-state index is 8.63. The lowest BCUT2D eigenvalue weighted by molar-refractivity contribution is 1.27. The van der Waals surface area contributed by atoms with E-state index in [1.165, 1.54) is 0 Å². The molecule has 1 nitrogen and oxygen atoms in total. The summed E-state index contributed by atoms with van der Waals surface area (Å²) in [4.78, 5) is 1.83. The summed E-state index contributed by atoms with van der Waals surface area (Å²) >= 11 is 12.0. The van der Waals surface area contributed by atoms with Crippen molar-refractivity contribution in [3.63, 3.8) is 0 Å². The Hall–Kier alpha value is -0.690. The van der Waals surface area contributed by atoms with Crippen LogP contribution in [0.3, 0.4) is 0 Å². The Kier molecular flexibility index (Phi) is 2.69. The number of rotatable bonds is 1. The third kappa shape index (κ3) is 1.50. The average Bonchev–Trinajstić information content (AvgIpc) is 2.46. The van der Waals surface area contributed by atoms with Crippen LogP contribution in [0.4, 0.5) is 0 Å². The Morgan fingerprint density at radius 3 is 2.93 bits per heavy atom. The van der Waals surface area contributed by atoms with Crippen LogP contribution in [0, 0.1) is 11.3 Å². The summed E-state index contributed by atoms with van der Waals surface area (Å²) in [6.07, 6.45) is 0.397. The molecule has 0 saturated heterocycles. The van der Waals surface area contributed by atoms with Gasteiger partial charge in [-0.2, -0.15) is 5.26 Å². The predicted molar refractivity (Wildman–Crippen MR) is 63.4 cm³/mol. The van der Waals surface area contributed by atoms with Gasteiger partial charge in [-0.25, -0.2) is 0 Å². The maximum absolute atomic E-state index is 8.63. The highest BCUT2D eigenvalue weighted by atomic mass is 35.5. The van der Waals surface area contributed by atoms with Gasteiger partial charge in [-0.05, 0) is 12.1 Å². The fourth-order valence-corrected chi connectivity index (χ4v) is 3.32. The quantitative estimate of drug-likeness (QED) is 0.750. The van der Waals surface area contributed by atoms with Crippen LogP contribution < -0.4 is 0 Å². The number of hydrogen-bond donors (Lipinski definition) is 1. The highest BCUT2D eigenvalue weighted by Crippen LogP contribution is 2.38. The molecule has 0 bridgehead atoms. The standard InChI is InChI=1S/C10H6ClNS2/c11-6-2-1-3-7-9(6)10(13)8(14-7)4-5-12/h1-3,13H,4H2. The first-order chi connectivity index (χ1) is 6.74. The molecule has 0 aliphatic heterocycles. The van der Waals surface area contributed by atoms with E-state index in [0.29, 0.717) is 11.4 Å². The molecule has 70 valence electrons. The molecule has 0 amide bonds. The van der Waals surface area contributed by atoms with E-state index < -0.39 is 0 Å². The van der Waals surface area contributed by atoms with Gasteiger partial charge in [-0.15, -0.1) is 24.0 Å². The molecule has 0 atom stereocenters. The highest BCUT2D eigenvalue weighted by molar-refractivity contribution is 7.80. The van der Waals surface area contributed by atoms with Crippen molar-refractivity contribution in [2.75, 3.05) is 0 Å². The van der Waals surface area contributed by atoms with Gasteiger partial charge in [0.05, 0.1) is 17.5 Å². The predicted octanol–water partition coefficient (Wildman–Crippen LogP) is 3.91. The first kappa shape index (κ1) is 9.85. The monoisotopic (exact) mass is 239 g/mol. The molecule has 0 N–H and O–H groups in total. The molecule has 0 unspecified atom stereocenters. The lowest BCUT2D eigenvalue weighted by Crippen LogP contribution is -1.75. The fourth-order valence-electron chi connectivity index (χ4n) is 1.33. The van der Waals surface area contributed by atoms with Crippen LogP contribution in [0.25, 0.3) is 10.1 Å². The van der Waals surface area contributed by atoms with Gasteiger partial charge in [0.1, 0.15) is 0 Å². The van der Waals surface area contributed by atoms with Crippen LogP contribution in [-0.4, -0.2) is 0 Å². The molecule has 0 fully saturated rings. The number of fused-ring (bicyclic) bond motifs is 1. The summed E-state index contributed by atoms with van der Waals surface area (Å²) in [7, 11) is 0. The minimum atomic E-state index is 0.397. The van der Waals surface area contributed by atoms with Crippen LogP contribution in [0.2, 0.25) is 5.02 Å². The van der Waals surface area contributed by atoms with Crippen LogP contribution in [0.1, 0.15) is 4.88 Å². The van der Waals surface area contributed by atoms with Crippen molar-refractivity contribution in [1.82, 2.24) is 0 Å². The topological polar surface area (TPSA) is 23.8 Å². The van der Waals surface area contributed by atoms with Crippen molar-refractivity contribution < 1.29 is 0 Å². The van der Waals surface area contributed by atoms with Crippen LogP contribution in [0.15, 0.2) is 23.1 Å². The molecule has 0 saturated carbocycles. The number of thiol groups is 1. The van der Waals surface area contributed by atoms with Crippen molar-refractivity contribution in [3.8, 4) is 6.07 Å². The van der Waals surface area contributed by atoms with Crippen molar-refractivity contribution in [2.24, 2.45) is 0 Å². The van der Waals surface area contributed by atoms with E-state index in [-0.39, 0.29) is 0 Å². The summed E-state index contributed by atoms with van der Waals surface area (Å²) < 4.78 is 1.09. The zero-order valence-electron chi connectivity index (χ0n) is 7.12. The number of halogens is 1. The van der Waals surface area contributed by atoms with E-state index in [1.54, 1.807) is 11.3 Å².